The summed E-state index contributed by atoms with van der Waals surface area (Å²) in [6, 6.07) is 4.47. The molecule has 0 spiro atoms. The van der Waals surface area contributed by atoms with Crippen LogP contribution in [0.3, 0.4) is 0 Å². The van der Waals surface area contributed by atoms with Gasteiger partial charge in [-0.05, 0) is 38.0 Å². The molecule has 1 heterocycles. The molecule has 1 saturated heterocycles. The highest BCUT2D eigenvalue weighted by Gasteiger charge is 2.28. The summed E-state index contributed by atoms with van der Waals surface area (Å²) in [6.45, 7) is 3.17. The highest BCUT2D eigenvalue weighted by Crippen LogP contribution is 2.24. The zero-order valence-corrected chi connectivity index (χ0v) is 12.0. The minimum absolute atomic E-state index is 0.0951. The molecule has 21 heavy (non-hydrogen) atoms. The number of nitrogens with zero attached hydrogens (tertiary/aromatic N) is 1. The third kappa shape index (κ3) is 3.45. The number of piperidine rings is 1. The number of aromatic hydroxyl groups is 1. The normalized spacial score (nSPS) is 15.8. The van der Waals surface area contributed by atoms with E-state index in [0.29, 0.717) is 38.1 Å². The summed E-state index contributed by atoms with van der Waals surface area (Å²) in [4.78, 5) is 25.7. The molecule has 0 unspecified atom stereocenters. The molecule has 3 N–H and O–H groups in total. The van der Waals surface area contributed by atoms with E-state index in [1.54, 1.807) is 17.9 Å². The second-order valence-electron chi connectivity index (χ2n) is 5.09. The number of likely N-dealkylation sites (tertiary alicyclic amines) is 1. The number of carbonyl (C=O) groups is 2. The Kier molecular flexibility index (Phi) is 4.67. The Morgan fingerprint density at radius 2 is 2.05 bits per heavy atom. The molecule has 0 aliphatic carbocycles. The van der Waals surface area contributed by atoms with Crippen LogP contribution in [0.1, 0.15) is 30.1 Å². The van der Waals surface area contributed by atoms with Crippen LogP contribution < -0.4 is 5.73 Å². The summed E-state index contributed by atoms with van der Waals surface area (Å²) in [5, 5.41) is 9.56. The van der Waals surface area contributed by atoms with Crippen LogP contribution in [0.15, 0.2) is 18.2 Å². The Balaban J connectivity index is 1.97. The molecule has 6 heteroatoms. The number of phenols is 1. The predicted octanol–water partition coefficient (Wildman–Crippen LogP) is 1.39. The maximum absolute atomic E-state index is 12.3. The molecule has 2 rings (SSSR count). The predicted molar refractivity (Wildman–Crippen MR) is 77.8 cm³/mol. The molecule has 1 fully saturated rings. The van der Waals surface area contributed by atoms with Gasteiger partial charge in [0, 0.05) is 18.7 Å². The Labute approximate surface area is 123 Å². The maximum Gasteiger partial charge on any atom is 0.309 e. The number of amides is 1. The average Bonchev–Trinajstić information content (AvgIpc) is 2.50. The van der Waals surface area contributed by atoms with Crippen molar-refractivity contribution in [1.82, 2.24) is 4.90 Å². The number of hydrogen-bond donors (Lipinski definition) is 2. The van der Waals surface area contributed by atoms with Crippen LogP contribution in [0, 0.1) is 5.92 Å². The van der Waals surface area contributed by atoms with E-state index in [9.17, 15) is 14.7 Å². The van der Waals surface area contributed by atoms with Crippen molar-refractivity contribution < 1.29 is 19.4 Å². The molecule has 1 aromatic carbocycles. The van der Waals surface area contributed by atoms with Gasteiger partial charge in [-0.3, -0.25) is 9.59 Å². The number of nitrogen functional groups attached to an aromatic ring is 1. The van der Waals surface area contributed by atoms with Crippen molar-refractivity contribution in [2.45, 2.75) is 19.8 Å². The highest BCUT2D eigenvalue weighted by molar-refractivity contribution is 5.95. The Hall–Kier alpha value is -2.24. The molecular weight excluding hydrogens is 272 g/mol. The Bertz CT molecular complexity index is 536. The van der Waals surface area contributed by atoms with Gasteiger partial charge in [-0.2, -0.15) is 0 Å². The quantitative estimate of drug-likeness (QED) is 0.499. The van der Waals surface area contributed by atoms with Crippen LogP contribution in [0.5, 0.6) is 5.75 Å². The fourth-order valence-electron chi connectivity index (χ4n) is 2.44. The third-order valence-electron chi connectivity index (χ3n) is 3.68. The lowest BCUT2D eigenvalue weighted by atomic mass is 9.96. The summed E-state index contributed by atoms with van der Waals surface area (Å²) in [7, 11) is 0. The standard InChI is InChI=1S/C15H20N2O4/c1-2-21-15(20)10-5-7-17(8-6-10)14(19)11-3-4-12(16)13(18)9-11/h3-4,9-10,18H,2,5-8,16H2,1H3. The van der Waals surface area contributed by atoms with Crippen molar-refractivity contribution in [3.8, 4) is 5.75 Å². The Morgan fingerprint density at radius 1 is 1.38 bits per heavy atom. The maximum atomic E-state index is 12.3. The largest absolute Gasteiger partial charge is 0.506 e. The van der Waals surface area contributed by atoms with E-state index in [4.69, 9.17) is 10.5 Å². The van der Waals surface area contributed by atoms with Crippen molar-refractivity contribution in [3.63, 3.8) is 0 Å². The van der Waals surface area contributed by atoms with E-state index in [1.807, 2.05) is 0 Å². The molecule has 0 radical (unpaired) electrons. The van der Waals surface area contributed by atoms with Crippen molar-refractivity contribution in [1.29, 1.82) is 0 Å². The minimum Gasteiger partial charge on any atom is -0.506 e. The van der Waals surface area contributed by atoms with Gasteiger partial charge in [-0.15, -0.1) is 0 Å². The number of rotatable bonds is 3. The van der Waals surface area contributed by atoms with Gasteiger partial charge in [0.2, 0.25) is 0 Å². The second kappa shape index (κ2) is 6.47. The van der Waals surface area contributed by atoms with Crippen molar-refractivity contribution in [2.24, 2.45) is 5.92 Å². The molecule has 0 aromatic heterocycles. The molecule has 114 valence electrons. The summed E-state index contributed by atoms with van der Waals surface area (Å²) in [6.07, 6.45) is 1.21. The molecule has 0 bridgehead atoms. The molecular formula is C15H20N2O4. The summed E-state index contributed by atoms with van der Waals surface area (Å²) in [5.74, 6) is -0.571. The first-order valence-corrected chi connectivity index (χ1v) is 7.07. The number of phenolic OH excluding ortho intramolecular Hbond substituents is 1. The van der Waals surface area contributed by atoms with E-state index >= 15 is 0 Å². The number of anilines is 1. The highest BCUT2D eigenvalue weighted by atomic mass is 16.5. The molecule has 6 nitrogen and oxygen atoms in total. The summed E-state index contributed by atoms with van der Waals surface area (Å²) < 4.78 is 5.00. The van der Waals surface area contributed by atoms with Crippen LogP contribution >= 0.6 is 0 Å². The number of esters is 1. The third-order valence-corrected chi connectivity index (χ3v) is 3.68. The number of benzene rings is 1. The Morgan fingerprint density at radius 3 is 2.62 bits per heavy atom. The zero-order valence-electron chi connectivity index (χ0n) is 12.0. The van der Waals surface area contributed by atoms with Crippen molar-refractivity contribution >= 4 is 17.6 Å². The lowest BCUT2D eigenvalue weighted by Gasteiger charge is -2.31. The first-order valence-electron chi connectivity index (χ1n) is 7.07. The van der Waals surface area contributed by atoms with E-state index < -0.39 is 0 Å². The second-order valence-corrected chi connectivity index (χ2v) is 5.09. The summed E-state index contributed by atoms with van der Waals surface area (Å²) >= 11 is 0. The lowest BCUT2D eigenvalue weighted by Crippen LogP contribution is -2.40. The van der Waals surface area contributed by atoms with E-state index in [-0.39, 0.29) is 29.2 Å². The molecule has 0 saturated carbocycles. The van der Waals surface area contributed by atoms with Gasteiger partial charge < -0.3 is 20.5 Å². The first kappa shape index (κ1) is 15.2. The molecule has 1 aromatic rings. The van der Waals surface area contributed by atoms with E-state index in [0.717, 1.165) is 0 Å². The van der Waals surface area contributed by atoms with Gasteiger partial charge in [-0.1, -0.05) is 0 Å². The lowest BCUT2D eigenvalue weighted by molar-refractivity contribution is -0.149. The molecule has 1 aliphatic heterocycles. The zero-order chi connectivity index (χ0) is 15.4. The number of hydrogen-bond acceptors (Lipinski definition) is 5. The van der Waals surface area contributed by atoms with Crippen LogP contribution in [-0.4, -0.2) is 41.6 Å². The topological polar surface area (TPSA) is 92.9 Å². The SMILES string of the molecule is CCOC(=O)C1CCN(C(=O)c2ccc(N)c(O)c2)CC1. The van der Waals surface area contributed by atoms with Gasteiger partial charge in [0.05, 0.1) is 18.2 Å². The van der Waals surface area contributed by atoms with E-state index in [1.165, 1.54) is 12.1 Å². The smallest absolute Gasteiger partial charge is 0.309 e. The van der Waals surface area contributed by atoms with Crippen LogP contribution in [0.25, 0.3) is 0 Å². The number of ether oxygens (including phenoxy) is 1. The van der Waals surface area contributed by atoms with Gasteiger partial charge in [0.25, 0.3) is 5.91 Å². The monoisotopic (exact) mass is 292 g/mol. The first-order chi connectivity index (χ1) is 10.0. The molecule has 1 amide bonds. The van der Waals surface area contributed by atoms with Crippen LogP contribution in [0.2, 0.25) is 0 Å². The van der Waals surface area contributed by atoms with Crippen LogP contribution in [0.4, 0.5) is 5.69 Å². The van der Waals surface area contributed by atoms with Gasteiger partial charge in [-0.25, -0.2) is 0 Å². The number of carbonyl (C=O) groups excluding carboxylic acids is 2. The molecule has 1 aliphatic rings. The van der Waals surface area contributed by atoms with Gasteiger partial charge >= 0.3 is 5.97 Å². The van der Waals surface area contributed by atoms with Crippen molar-refractivity contribution in [2.75, 3.05) is 25.4 Å². The summed E-state index contributed by atoms with van der Waals surface area (Å²) in [5.41, 5.74) is 6.16. The number of nitrogens with two attached hydrogens (primary N) is 1. The van der Waals surface area contributed by atoms with Gasteiger partial charge in [0.15, 0.2) is 0 Å². The van der Waals surface area contributed by atoms with Crippen molar-refractivity contribution in [3.05, 3.63) is 23.8 Å². The average molecular weight is 292 g/mol. The van der Waals surface area contributed by atoms with E-state index in [2.05, 4.69) is 0 Å². The van der Waals surface area contributed by atoms with Crippen LogP contribution in [-0.2, 0) is 9.53 Å². The fourth-order valence-corrected chi connectivity index (χ4v) is 2.44. The fraction of sp³-hybridized carbons (Fsp3) is 0.467. The molecule has 0 atom stereocenters. The van der Waals surface area contributed by atoms with Gasteiger partial charge in [0.1, 0.15) is 5.75 Å². The minimum atomic E-state index is -0.185.